The largest absolute Gasteiger partial charge is 0.371 e. The van der Waals surface area contributed by atoms with Gasteiger partial charge in [-0.2, -0.15) is 0 Å². The van der Waals surface area contributed by atoms with Crippen molar-refractivity contribution in [1.29, 1.82) is 0 Å². The van der Waals surface area contributed by atoms with Crippen LogP contribution in [0.2, 0.25) is 0 Å². The zero-order chi connectivity index (χ0) is 6.53. The molecule has 50 valence electrons. The molecule has 1 aliphatic heterocycles. The van der Waals surface area contributed by atoms with Crippen molar-refractivity contribution in [2.24, 2.45) is 0 Å². The summed E-state index contributed by atoms with van der Waals surface area (Å²) < 4.78 is 9.95. The highest BCUT2D eigenvalue weighted by atomic mass is 16.6. The Bertz CT molecular complexity index is 115. The van der Waals surface area contributed by atoms with Crippen LogP contribution in [0.3, 0.4) is 0 Å². The van der Waals surface area contributed by atoms with Crippen molar-refractivity contribution < 1.29 is 9.47 Å². The van der Waals surface area contributed by atoms with Gasteiger partial charge in [-0.15, -0.1) is 0 Å². The average molecular weight is 127 g/mol. The van der Waals surface area contributed by atoms with Gasteiger partial charge in [0.2, 0.25) is 6.54 Å². The van der Waals surface area contributed by atoms with Crippen LogP contribution >= 0.6 is 0 Å². The van der Waals surface area contributed by atoms with E-state index in [2.05, 4.69) is 4.85 Å². The monoisotopic (exact) mass is 127 g/mol. The number of nitrogens with zero attached hydrogens (tertiary/aromatic N) is 1. The molecule has 1 heterocycles. The number of ether oxygens (including phenoxy) is 2. The molecule has 0 amide bonds. The van der Waals surface area contributed by atoms with E-state index in [1.54, 1.807) is 0 Å². The summed E-state index contributed by atoms with van der Waals surface area (Å²) in [7, 11) is 0. The summed E-state index contributed by atoms with van der Waals surface area (Å²) in [5.41, 5.74) is 0. The highest BCUT2D eigenvalue weighted by molar-refractivity contribution is 4.67. The van der Waals surface area contributed by atoms with Crippen molar-refractivity contribution in [3.8, 4) is 0 Å². The molecule has 0 bridgehead atoms. The maximum absolute atomic E-state index is 6.42. The van der Waals surface area contributed by atoms with Gasteiger partial charge in [0.1, 0.15) is 12.7 Å². The molecule has 0 N–H and O–H groups in total. The number of epoxide rings is 1. The quantitative estimate of drug-likeness (QED) is 0.309. The second-order valence-electron chi connectivity index (χ2n) is 1.91. The maximum atomic E-state index is 6.42. The van der Waals surface area contributed by atoms with E-state index in [1.807, 2.05) is 0 Å². The normalized spacial score (nSPS) is 23.2. The van der Waals surface area contributed by atoms with Crippen LogP contribution < -0.4 is 0 Å². The highest BCUT2D eigenvalue weighted by Crippen LogP contribution is 2.07. The Hall–Kier alpha value is -0.590. The molecule has 1 atom stereocenters. The molecule has 1 unspecified atom stereocenters. The molecular weight excluding hydrogens is 118 g/mol. The summed E-state index contributed by atoms with van der Waals surface area (Å²) in [5, 5.41) is 0. The van der Waals surface area contributed by atoms with Crippen LogP contribution in [-0.4, -0.2) is 32.5 Å². The third-order valence-corrected chi connectivity index (χ3v) is 1.05. The topological polar surface area (TPSA) is 26.1 Å². The summed E-state index contributed by atoms with van der Waals surface area (Å²) in [5.74, 6) is 0. The van der Waals surface area contributed by atoms with E-state index in [9.17, 15) is 0 Å². The van der Waals surface area contributed by atoms with Crippen molar-refractivity contribution >= 4 is 0 Å². The first-order chi connectivity index (χ1) is 4.43. The second-order valence-corrected chi connectivity index (χ2v) is 1.91. The molecule has 0 spiro atoms. The van der Waals surface area contributed by atoms with E-state index in [4.69, 9.17) is 16.0 Å². The van der Waals surface area contributed by atoms with Crippen molar-refractivity contribution in [3.63, 3.8) is 0 Å². The number of rotatable bonds is 4. The number of hydrogen-bond acceptors (Lipinski definition) is 2. The molecule has 1 aliphatic rings. The molecule has 0 aromatic heterocycles. The molecule has 0 radical (unpaired) electrons. The average Bonchev–Trinajstić information content (AvgIpc) is 2.63. The molecule has 1 fully saturated rings. The van der Waals surface area contributed by atoms with Gasteiger partial charge in [-0.25, -0.2) is 6.57 Å². The fourth-order valence-corrected chi connectivity index (χ4v) is 0.489. The predicted octanol–water partition coefficient (Wildman–Crippen LogP) is 0.321. The molecule has 1 saturated heterocycles. The van der Waals surface area contributed by atoms with Crippen molar-refractivity contribution in [3.05, 3.63) is 11.4 Å². The second kappa shape index (κ2) is 3.44. The van der Waals surface area contributed by atoms with Gasteiger partial charge in [-0.1, -0.05) is 0 Å². The standard InChI is InChI=1S/C6H9NO2/c1-7-2-3-8-4-6-5-9-6/h6H,2-5H2. The molecule has 3 nitrogen and oxygen atoms in total. The van der Waals surface area contributed by atoms with E-state index in [1.165, 1.54) is 0 Å². The Morgan fingerprint density at radius 1 is 1.78 bits per heavy atom. The van der Waals surface area contributed by atoms with E-state index in [0.29, 0.717) is 25.9 Å². The Morgan fingerprint density at radius 2 is 2.56 bits per heavy atom. The van der Waals surface area contributed by atoms with Gasteiger partial charge in [0.25, 0.3) is 0 Å². The molecule has 9 heavy (non-hydrogen) atoms. The number of hydrogen-bond donors (Lipinski definition) is 0. The van der Waals surface area contributed by atoms with Crippen molar-refractivity contribution in [1.82, 2.24) is 0 Å². The summed E-state index contributed by atoms with van der Waals surface area (Å²) in [4.78, 5) is 3.14. The Morgan fingerprint density at radius 3 is 3.11 bits per heavy atom. The third kappa shape index (κ3) is 3.07. The first-order valence-corrected chi connectivity index (χ1v) is 2.96. The minimum atomic E-state index is 0.329. The van der Waals surface area contributed by atoms with Crippen LogP contribution in [0.1, 0.15) is 0 Å². The highest BCUT2D eigenvalue weighted by Gasteiger charge is 2.21. The van der Waals surface area contributed by atoms with Gasteiger partial charge >= 0.3 is 0 Å². The van der Waals surface area contributed by atoms with Crippen LogP contribution in [0.5, 0.6) is 0 Å². The SMILES string of the molecule is [C-]#[N+]CCOCC1CO1. The third-order valence-electron chi connectivity index (χ3n) is 1.05. The summed E-state index contributed by atoms with van der Waals surface area (Å²) in [6.45, 7) is 8.92. The predicted molar refractivity (Wildman–Crippen MR) is 32.0 cm³/mol. The van der Waals surface area contributed by atoms with Crippen LogP contribution in [0.4, 0.5) is 0 Å². The Balaban J connectivity index is 1.77. The van der Waals surface area contributed by atoms with Gasteiger partial charge in [0.05, 0.1) is 13.2 Å². The molecule has 0 aliphatic carbocycles. The van der Waals surface area contributed by atoms with E-state index in [0.717, 1.165) is 6.61 Å². The van der Waals surface area contributed by atoms with Gasteiger partial charge in [0, 0.05) is 0 Å². The Kier molecular flexibility index (Phi) is 2.49. The first-order valence-electron chi connectivity index (χ1n) is 2.96. The van der Waals surface area contributed by atoms with E-state index in [-0.39, 0.29) is 0 Å². The fourth-order valence-electron chi connectivity index (χ4n) is 0.489. The zero-order valence-electron chi connectivity index (χ0n) is 5.17. The minimum absolute atomic E-state index is 0.329. The molecule has 0 saturated carbocycles. The zero-order valence-corrected chi connectivity index (χ0v) is 5.17. The summed E-state index contributed by atoms with van der Waals surface area (Å²) in [6.07, 6.45) is 0.329. The summed E-state index contributed by atoms with van der Waals surface area (Å²) >= 11 is 0. The first kappa shape index (κ1) is 6.53. The van der Waals surface area contributed by atoms with E-state index < -0.39 is 0 Å². The lowest BCUT2D eigenvalue weighted by Crippen LogP contribution is -2.03. The van der Waals surface area contributed by atoms with Gasteiger partial charge in [-0.05, 0) is 0 Å². The fraction of sp³-hybridized carbons (Fsp3) is 0.833. The van der Waals surface area contributed by atoms with Crippen molar-refractivity contribution in [2.75, 3.05) is 26.4 Å². The van der Waals surface area contributed by atoms with Crippen molar-refractivity contribution in [2.45, 2.75) is 6.10 Å². The van der Waals surface area contributed by atoms with Gasteiger partial charge < -0.3 is 14.3 Å². The molecule has 0 aromatic rings. The lowest BCUT2D eigenvalue weighted by atomic mass is 10.5. The van der Waals surface area contributed by atoms with Crippen LogP contribution in [0, 0.1) is 6.57 Å². The van der Waals surface area contributed by atoms with Gasteiger partial charge in [0.15, 0.2) is 0 Å². The minimum Gasteiger partial charge on any atom is -0.371 e. The maximum Gasteiger partial charge on any atom is 0.237 e. The van der Waals surface area contributed by atoms with Crippen LogP contribution in [-0.2, 0) is 9.47 Å². The molecule has 1 rings (SSSR count). The van der Waals surface area contributed by atoms with Gasteiger partial charge in [-0.3, -0.25) is 0 Å². The summed E-state index contributed by atoms with van der Waals surface area (Å²) in [6, 6.07) is 0. The van der Waals surface area contributed by atoms with Crippen LogP contribution in [0.15, 0.2) is 0 Å². The Labute approximate surface area is 54.4 Å². The lowest BCUT2D eigenvalue weighted by Gasteiger charge is -1.92. The van der Waals surface area contributed by atoms with Crippen LogP contribution in [0.25, 0.3) is 4.85 Å². The molecule has 3 heteroatoms. The molecule has 0 aromatic carbocycles. The smallest absolute Gasteiger partial charge is 0.237 e. The lowest BCUT2D eigenvalue weighted by molar-refractivity contribution is 0.126. The molecular formula is C6H9NO2. The van der Waals surface area contributed by atoms with E-state index >= 15 is 0 Å².